The summed E-state index contributed by atoms with van der Waals surface area (Å²) in [6.45, 7) is 5.17. The number of fused-ring (bicyclic) bond motifs is 5. The van der Waals surface area contributed by atoms with Gasteiger partial charge in [0.05, 0.1) is 0 Å². The molecule has 4 rings (SSSR count). The number of carbonyl (C=O) groups excluding carboxylic acids is 1. The average molecular weight is 303 g/mol. The maximum atomic E-state index is 11.7. The predicted molar refractivity (Wildman–Crippen MR) is 86.0 cm³/mol. The van der Waals surface area contributed by atoms with Crippen molar-refractivity contribution >= 4 is 5.91 Å². The lowest BCUT2D eigenvalue weighted by Crippen LogP contribution is -2.59. The van der Waals surface area contributed by atoms with Crippen LogP contribution < -0.4 is 5.32 Å². The average Bonchev–Trinajstić information content (AvgIpc) is 2.84. The molecule has 1 heterocycles. The van der Waals surface area contributed by atoms with Gasteiger partial charge in [-0.2, -0.15) is 0 Å². The first-order chi connectivity index (χ1) is 10.5. The zero-order valence-electron chi connectivity index (χ0n) is 13.8. The zero-order chi connectivity index (χ0) is 15.5. The van der Waals surface area contributed by atoms with Crippen LogP contribution in [-0.2, 0) is 4.79 Å². The van der Waals surface area contributed by atoms with Crippen LogP contribution in [0.3, 0.4) is 0 Å². The Hall–Kier alpha value is -0.830. The number of hydrogen-bond acceptors (Lipinski definition) is 2. The Labute approximate surface area is 133 Å². The summed E-state index contributed by atoms with van der Waals surface area (Å²) in [5.41, 5.74) is 0.482. The molecule has 0 bridgehead atoms. The highest BCUT2D eigenvalue weighted by molar-refractivity contribution is 5.89. The van der Waals surface area contributed by atoms with Gasteiger partial charge in [-0.25, -0.2) is 0 Å². The molecular weight excluding hydrogens is 274 g/mol. The standard InChI is InChI=1S/C19H29NO2/c1-18-9-7-15-13(14(18)5-3-12(18)11-21)4-6-16-19(15,2)10-8-17(22)20-16/h8,10,12-16,21H,3-7,9,11H2,1-2H3,(H,20,22)/t12-,13+,14?,15?,16?,18-,19-/m1/s1. The lowest BCUT2D eigenvalue weighted by molar-refractivity contribution is -0.122. The molecule has 1 aliphatic heterocycles. The predicted octanol–water partition coefficient (Wildman–Crippen LogP) is 2.89. The third kappa shape index (κ3) is 1.81. The highest BCUT2D eigenvalue weighted by Crippen LogP contribution is 2.64. The molecule has 3 nitrogen and oxygen atoms in total. The van der Waals surface area contributed by atoms with Crippen LogP contribution in [0.5, 0.6) is 0 Å². The molecule has 1 amide bonds. The van der Waals surface area contributed by atoms with Crippen molar-refractivity contribution in [2.24, 2.45) is 34.5 Å². The normalized spacial score (nSPS) is 53.4. The number of hydrogen-bond donors (Lipinski definition) is 2. The number of aliphatic hydroxyl groups excluding tert-OH is 1. The topological polar surface area (TPSA) is 49.3 Å². The van der Waals surface area contributed by atoms with Crippen LogP contribution >= 0.6 is 0 Å². The molecule has 0 aromatic rings. The van der Waals surface area contributed by atoms with Gasteiger partial charge in [0.25, 0.3) is 0 Å². The van der Waals surface area contributed by atoms with E-state index in [1.165, 1.54) is 32.1 Å². The van der Waals surface area contributed by atoms with E-state index in [0.717, 1.165) is 18.3 Å². The van der Waals surface area contributed by atoms with E-state index in [2.05, 4.69) is 25.2 Å². The summed E-state index contributed by atoms with van der Waals surface area (Å²) in [6.07, 6.45) is 11.3. The second-order valence-electron chi connectivity index (χ2n) is 8.72. The van der Waals surface area contributed by atoms with Gasteiger partial charge in [-0.1, -0.05) is 19.9 Å². The van der Waals surface area contributed by atoms with Gasteiger partial charge in [-0.3, -0.25) is 4.79 Å². The minimum Gasteiger partial charge on any atom is -0.396 e. The van der Waals surface area contributed by atoms with E-state index in [9.17, 15) is 9.90 Å². The molecule has 0 aromatic heterocycles. The van der Waals surface area contributed by atoms with Crippen molar-refractivity contribution < 1.29 is 9.90 Å². The van der Waals surface area contributed by atoms with Crippen LogP contribution in [0.15, 0.2) is 12.2 Å². The molecule has 122 valence electrons. The number of rotatable bonds is 1. The van der Waals surface area contributed by atoms with E-state index in [1.54, 1.807) is 6.08 Å². The lowest BCUT2D eigenvalue weighted by atomic mass is 9.48. The molecule has 0 spiro atoms. The van der Waals surface area contributed by atoms with Gasteiger partial charge < -0.3 is 10.4 Å². The Balaban J connectivity index is 1.66. The molecule has 3 unspecified atom stereocenters. The van der Waals surface area contributed by atoms with Crippen molar-refractivity contribution in [1.82, 2.24) is 5.32 Å². The third-order valence-electron chi connectivity index (χ3n) is 8.10. The maximum absolute atomic E-state index is 11.7. The van der Waals surface area contributed by atoms with Crippen LogP contribution in [0.4, 0.5) is 0 Å². The van der Waals surface area contributed by atoms with E-state index in [0.29, 0.717) is 29.9 Å². The van der Waals surface area contributed by atoms with Gasteiger partial charge in [0.1, 0.15) is 0 Å². The fourth-order valence-electron chi connectivity index (χ4n) is 6.74. The first-order valence-electron chi connectivity index (χ1n) is 9.09. The van der Waals surface area contributed by atoms with E-state index < -0.39 is 0 Å². The van der Waals surface area contributed by atoms with Gasteiger partial charge in [-0.05, 0) is 73.7 Å². The number of nitrogens with one attached hydrogen (secondary N) is 1. The number of amides is 1. The minimum absolute atomic E-state index is 0.0859. The summed E-state index contributed by atoms with van der Waals surface area (Å²) in [4.78, 5) is 11.7. The van der Waals surface area contributed by atoms with Crippen molar-refractivity contribution in [3.8, 4) is 0 Å². The molecule has 0 radical (unpaired) electrons. The van der Waals surface area contributed by atoms with Crippen LogP contribution in [0, 0.1) is 34.5 Å². The first kappa shape index (κ1) is 14.7. The van der Waals surface area contributed by atoms with E-state index in [-0.39, 0.29) is 11.3 Å². The lowest BCUT2D eigenvalue weighted by Gasteiger charge is -2.58. The smallest absolute Gasteiger partial charge is 0.243 e. The third-order valence-corrected chi connectivity index (χ3v) is 8.10. The Morgan fingerprint density at radius 3 is 2.77 bits per heavy atom. The SMILES string of the molecule is C[C@]12C=CC(=O)NC1CC[C@@H]1C2CC[C@@]2(C)C1CC[C@@H]2CO. The summed E-state index contributed by atoms with van der Waals surface area (Å²) >= 11 is 0. The van der Waals surface area contributed by atoms with Gasteiger partial charge in [0, 0.05) is 18.1 Å². The van der Waals surface area contributed by atoms with E-state index in [1.807, 2.05) is 0 Å². The summed E-state index contributed by atoms with van der Waals surface area (Å²) in [6, 6.07) is 0.325. The molecule has 3 heteroatoms. The quantitative estimate of drug-likeness (QED) is 0.782. The van der Waals surface area contributed by atoms with Crippen molar-refractivity contribution in [3.63, 3.8) is 0 Å². The fourth-order valence-corrected chi connectivity index (χ4v) is 6.74. The van der Waals surface area contributed by atoms with Crippen LogP contribution in [0.2, 0.25) is 0 Å². The van der Waals surface area contributed by atoms with E-state index >= 15 is 0 Å². The highest BCUT2D eigenvalue weighted by atomic mass is 16.3. The molecule has 4 aliphatic rings. The second kappa shape index (κ2) is 4.83. The molecule has 0 aromatic carbocycles. The number of carbonyl (C=O) groups is 1. The largest absolute Gasteiger partial charge is 0.396 e. The monoisotopic (exact) mass is 303 g/mol. The van der Waals surface area contributed by atoms with Gasteiger partial charge in [0.15, 0.2) is 0 Å². The minimum atomic E-state index is 0.0859. The molecular formula is C19H29NO2. The number of aliphatic hydroxyl groups is 1. The molecule has 2 N–H and O–H groups in total. The second-order valence-corrected chi connectivity index (χ2v) is 8.72. The maximum Gasteiger partial charge on any atom is 0.243 e. The summed E-state index contributed by atoms with van der Waals surface area (Å²) in [7, 11) is 0. The van der Waals surface area contributed by atoms with E-state index in [4.69, 9.17) is 0 Å². The Bertz CT molecular complexity index is 516. The van der Waals surface area contributed by atoms with Crippen molar-refractivity contribution in [1.29, 1.82) is 0 Å². The molecule has 3 saturated carbocycles. The molecule has 7 atom stereocenters. The fraction of sp³-hybridized carbons (Fsp3) is 0.842. The molecule has 0 saturated heterocycles. The Morgan fingerprint density at radius 2 is 2.00 bits per heavy atom. The summed E-state index contributed by atoms with van der Waals surface area (Å²) in [5, 5.41) is 13.0. The van der Waals surface area contributed by atoms with Crippen LogP contribution in [0.1, 0.15) is 52.4 Å². The summed E-state index contributed by atoms with van der Waals surface area (Å²) < 4.78 is 0. The highest BCUT2D eigenvalue weighted by Gasteiger charge is 2.59. The Kier molecular flexibility index (Phi) is 3.24. The van der Waals surface area contributed by atoms with Gasteiger partial charge in [0.2, 0.25) is 5.91 Å². The Morgan fingerprint density at radius 1 is 1.18 bits per heavy atom. The molecule has 3 fully saturated rings. The molecule has 3 aliphatic carbocycles. The van der Waals surface area contributed by atoms with Crippen LogP contribution in [0.25, 0.3) is 0 Å². The first-order valence-corrected chi connectivity index (χ1v) is 9.09. The zero-order valence-corrected chi connectivity index (χ0v) is 13.8. The van der Waals surface area contributed by atoms with Crippen molar-refractivity contribution in [2.75, 3.05) is 6.61 Å². The summed E-state index contributed by atoms with van der Waals surface area (Å²) in [5.74, 6) is 2.83. The van der Waals surface area contributed by atoms with Gasteiger partial charge in [-0.15, -0.1) is 0 Å². The van der Waals surface area contributed by atoms with Crippen molar-refractivity contribution in [2.45, 2.75) is 58.4 Å². The van der Waals surface area contributed by atoms with Gasteiger partial charge >= 0.3 is 0 Å². The van der Waals surface area contributed by atoms with Crippen molar-refractivity contribution in [3.05, 3.63) is 12.2 Å². The van der Waals surface area contributed by atoms with Crippen LogP contribution in [-0.4, -0.2) is 23.7 Å². The molecule has 22 heavy (non-hydrogen) atoms.